The molecule has 0 bridgehead atoms. The van der Waals surface area contributed by atoms with E-state index >= 15 is 0 Å². The Bertz CT molecular complexity index is 413. The number of amides is 1. The van der Waals surface area contributed by atoms with E-state index in [0.29, 0.717) is 13.2 Å². The van der Waals surface area contributed by atoms with E-state index < -0.39 is 0 Å². The zero-order valence-corrected chi connectivity index (χ0v) is 11.6. The van der Waals surface area contributed by atoms with Gasteiger partial charge in [-0.2, -0.15) is 0 Å². The molecule has 1 saturated carbocycles. The zero-order chi connectivity index (χ0) is 13.7. The van der Waals surface area contributed by atoms with Crippen molar-refractivity contribution in [3.8, 4) is 0 Å². The van der Waals surface area contributed by atoms with Crippen LogP contribution in [-0.4, -0.2) is 40.8 Å². The van der Waals surface area contributed by atoms with Crippen molar-refractivity contribution in [3.05, 3.63) is 11.6 Å². The van der Waals surface area contributed by atoms with Gasteiger partial charge in [0.1, 0.15) is 5.82 Å². The molecule has 0 radical (unpaired) electrons. The van der Waals surface area contributed by atoms with Crippen molar-refractivity contribution in [1.82, 2.24) is 20.5 Å². The Labute approximate surface area is 113 Å². The molecular formula is C13H22N4O2. The molecule has 1 amide bonds. The summed E-state index contributed by atoms with van der Waals surface area (Å²) in [6.07, 6.45) is 3.43. The first-order valence-electron chi connectivity index (χ1n) is 6.95. The maximum Gasteiger partial charge on any atom is 0.290 e. The van der Waals surface area contributed by atoms with Crippen LogP contribution in [0.5, 0.6) is 0 Å². The van der Waals surface area contributed by atoms with Gasteiger partial charge >= 0.3 is 0 Å². The topological polar surface area (TPSA) is 79.9 Å². The van der Waals surface area contributed by atoms with Crippen LogP contribution >= 0.6 is 0 Å². The molecule has 1 heterocycles. The van der Waals surface area contributed by atoms with E-state index in [1.165, 1.54) is 12.8 Å². The molecule has 1 aromatic rings. The second-order valence-corrected chi connectivity index (χ2v) is 5.33. The van der Waals surface area contributed by atoms with Crippen LogP contribution < -0.4 is 5.32 Å². The fraction of sp³-hybridized carbons (Fsp3) is 0.769. The number of H-pyrrole nitrogens is 1. The van der Waals surface area contributed by atoms with Gasteiger partial charge in [-0.3, -0.25) is 9.89 Å². The number of aromatic nitrogens is 3. The number of nitrogens with one attached hydrogen (secondary N) is 2. The Morgan fingerprint density at radius 1 is 1.53 bits per heavy atom. The molecule has 1 fully saturated rings. The summed E-state index contributed by atoms with van der Waals surface area (Å²) in [5.41, 5.74) is 0. The van der Waals surface area contributed by atoms with Crippen molar-refractivity contribution >= 4 is 5.91 Å². The lowest BCUT2D eigenvalue weighted by molar-refractivity contribution is 0.0927. The van der Waals surface area contributed by atoms with Crippen molar-refractivity contribution in [1.29, 1.82) is 0 Å². The molecule has 2 rings (SSSR count). The minimum Gasteiger partial charge on any atom is -0.381 e. The maximum atomic E-state index is 11.7. The third-order valence-corrected chi connectivity index (χ3v) is 3.05. The Morgan fingerprint density at radius 3 is 2.95 bits per heavy atom. The molecule has 0 aromatic carbocycles. The molecule has 0 unspecified atom stereocenters. The Hall–Kier alpha value is -1.43. The largest absolute Gasteiger partial charge is 0.381 e. The van der Waals surface area contributed by atoms with Gasteiger partial charge in [0, 0.05) is 25.7 Å². The first-order chi connectivity index (χ1) is 9.16. The second kappa shape index (κ2) is 6.65. The summed E-state index contributed by atoms with van der Waals surface area (Å²) in [6, 6.07) is 0. The first-order valence-corrected chi connectivity index (χ1v) is 6.95. The number of ether oxygens (including phenoxy) is 1. The fourth-order valence-corrected chi connectivity index (χ4v) is 1.62. The van der Waals surface area contributed by atoms with Crippen molar-refractivity contribution in [3.63, 3.8) is 0 Å². The zero-order valence-electron chi connectivity index (χ0n) is 11.6. The van der Waals surface area contributed by atoms with Gasteiger partial charge in [-0.15, -0.1) is 5.10 Å². The molecule has 0 atom stereocenters. The van der Waals surface area contributed by atoms with Gasteiger partial charge in [-0.05, 0) is 25.2 Å². The Kier molecular flexibility index (Phi) is 4.90. The summed E-state index contributed by atoms with van der Waals surface area (Å²) in [5, 5.41) is 9.47. The fourth-order valence-electron chi connectivity index (χ4n) is 1.62. The average molecular weight is 266 g/mol. The highest BCUT2D eigenvalue weighted by molar-refractivity contribution is 5.90. The lowest BCUT2D eigenvalue weighted by atomic mass is 10.2. The van der Waals surface area contributed by atoms with Crippen molar-refractivity contribution in [2.75, 3.05) is 19.8 Å². The van der Waals surface area contributed by atoms with Crippen LogP contribution in [0.15, 0.2) is 0 Å². The Morgan fingerprint density at radius 2 is 2.32 bits per heavy atom. The van der Waals surface area contributed by atoms with Crippen LogP contribution in [0.1, 0.15) is 55.5 Å². The van der Waals surface area contributed by atoms with Crippen LogP contribution in [0.3, 0.4) is 0 Å². The quantitative estimate of drug-likeness (QED) is 0.698. The first kappa shape index (κ1) is 14.0. The highest BCUT2D eigenvalue weighted by Crippen LogP contribution is 2.28. The number of hydrogen-bond acceptors (Lipinski definition) is 4. The smallest absolute Gasteiger partial charge is 0.290 e. The number of aromatic amines is 1. The summed E-state index contributed by atoms with van der Waals surface area (Å²) in [6.45, 7) is 6.16. The van der Waals surface area contributed by atoms with Crippen molar-refractivity contribution < 1.29 is 9.53 Å². The summed E-state index contributed by atoms with van der Waals surface area (Å²) in [7, 11) is 0. The predicted molar refractivity (Wildman–Crippen MR) is 71.0 cm³/mol. The molecule has 0 saturated heterocycles. The van der Waals surface area contributed by atoms with Gasteiger partial charge in [0.25, 0.3) is 5.91 Å². The van der Waals surface area contributed by atoms with E-state index in [1.807, 2.05) is 13.8 Å². The number of carbonyl (C=O) groups is 1. The normalized spacial score (nSPS) is 14.9. The highest BCUT2D eigenvalue weighted by Gasteiger charge is 2.20. The lowest BCUT2D eigenvalue weighted by Crippen LogP contribution is -2.26. The Balaban J connectivity index is 1.59. The molecule has 106 valence electrons. The third-order valence-electron chi connectivity index (χ3n) is 3.05. The van der Waals surface area contributed by atoms with Gasteiger partial charge in [0.15, 0.2) is 0 Å². The second-order valence-electron chi connectivity index (χ2n) is 5.33. The van der Waals surface area contributed by atoms with Crippen LogP contribution in [0.4, 0.5) is 0 Å². The van der Waals surface area contributed by atoms with E-state index in [0.717, 1.165) is 24.8 Å². The van der Waals surface area contributed by atoms with E-state index in [-0.39, 0.29) is 17.6 Å². The highest BCUT2D eigenvalue weighted by atomic mass is 16.5. The summed E-state index contributed by atoms with van der Waals surface area (Å²) >= 11 is 0. The minimum absolute atomic E-state index is 0.211. The molecule has 1 aliphatic rings. The number of hydrogen-bond donors (Lipinski definition) is 2. The van der Waals surface area contributed by atoms with Crippen molar-refractivity contribution in [2.45, 2.75) is 39.0 Å². The van der Waals surface area contributed by atoms with Crippen LogP contribution in [0.25, 0.3) is 0 Å². The van der Waals surface area contributed by atoms with Gasteiger partial charge < -0.3 is 10.1 Å². The average Bonchev–Trinajstić information content (AvgIpc) is 3.06. The molecular weight excluding hydrogens is 244 g/mol. The molecule has 6 heteroatoms. The van der Waals surface area contributed by atoms with E-state index in [1.54, 1.807) is 0 Å². The summed E-state index contributed by atoms with van der Waals surface area (Å²) < 4.78 is 5.49. The van der Waals surface area contributed by atoms with Gasteiger partial charge in [0.05, 0.1) is 0 Å². The summed E-state index contributed by atoms with van der Waals surface area (Å²) in [5.74, 6) is 1.74. The molecule has 19 heavy (non-hydrogen) atoms. The monoisotopic (exact) mass is 266 g/mol. The van der Waals surface area contributed by atoms with Crippen LogP contribution in [0, 0.1) is 5.92 Å². The molecule has 0 spiro atoms. The van der Waals surface area contributed by atoms with E-state index in [4.69, 9.17) is 4.74 Å². The van der Waals surface area contributed by atoms with E-state index in [9.17, 15) is 4.79 Å². The molecule has 6 nitrogen and oxygen atoms in total. The summed E-state index contributed by atoms with van der Waals surface area (Å²) in [4.78, 5) is 15.9. The third kappa shape index (κ3) is 4.63. The number of rotatable bonds is 8. The van der Waals surface area contributed by atoms with Gasteiger partial charge in [-0.1, -0.05) is 13.8 Å². The van der Waals surface area contributed by atoms with E-state index in [2.05, 4.69) is 20.5 Å². The molecule has 2 N–H and O–H groups in total. The standard InChI is InChI=1S/C13H22N4O2/c1-9(2)11-15-12(17-16-11)13(18)14-6-3-7-19-8-10-4-5-10/h9-10H,3-8H2,1-2H3,(H,14,18)(H,15,16,17). The number of nitrogens with zero attached hydrogens (tertiary/aromatic N) is 2. The SMILES string of the molecule is CC(C)c1nc(C(=O)NCCCOCC2CC2)n[nH]1. The molecule has 1 aromatic heterocycles. The number of carbonyl (C=O) groups excluding carboxylic acids is 1. The minimum atomic E-state index is -0.231. The molecule has 0 aliphatic heterocycles. The van der Waals surface area contributed by atoms with Crippen LogP contribution in [-0.2, 0) is 4.74 Å². The predicted octanol–water partition coefficient (Wildman–Crippen LogP) is 1.47. The van der Waals surface area contributed by atoms with Gasteiger partial charge in [-0.25, -0.2) is 4.98 Å². The lowest BCUT2D eigenvalue weighted by Gasteiger charge is -2.04. The molecule has 1 aliphatic carbocycles. The van der Waals surface area contributed by atoms with Crippen molar-refractivity contribution in [2.24, 2.45) is 5.92 Å². The maximum absolute atomic E-state index is 11.7. The van der Waals surface area contributed by atoms with Gasteiger partial charge in [0.2, 0.25) is 5.82 Å². The van der Waals surface area contributed by atoms with Crippen LogP contribution in [0.2, 0.25) is 0 Å².